The highest BCUT2D eigenvalue weighted by molar-refractivity contribution is 6.31. The Morgan fingerprint density at radius 1 is 1.37 bits per heavy atom. The van der Waals surface area contributed by atoms with Gasteiger partial charge in [-0.2, -0.15) is 0 Å². The smallest absolute Gasteiger partial charge is 0.308 e. The number of carbonyl (C=O) groups excluding carboxylic acids is 1. The van der Waals surface area contributed by atoms with E-state index in [1.165, 1.54) is 0 Å². The first-order valence-corrected chi connectivity index (χ1v) is 6.48. The average Bonchev–Trinajstić information content (AvgIpc) is 2.31. The molecule has 0 radical (unpaired) electrons. The van der Waals surface area contributed by atoms with Crippen molar-refractivity contribution in [3.8, 4) is 0 Å². The zero-order valence-electron chi connectivity index (χ0n) is 11.2. The summed E-state index contributed by atoms with van der Waals surface area (Å²) in [6.07, 6.45) is 0. The minimum absolute atomic E-state index is 0.0433. The first kappa shape index (κ1) is 15.5. The molecule has 1 aromatic rings. The Kier molecular flexibility index (Phi) is 5.36. The molecule has 104 valence electrons. The van der Waals surface area contributed by atoms with Crippen molar-refractivity contribution in [2.75, 3.05) is 6.54 Å². The molecule has 5 heteroatoms. The van der Waals surface area contributed by atoms with Gasteiger partial charge in [0, 0.05) is 17.1 Å². The van der Waals surface area contributed by atoms with Crippen molar-refractivity contribution >= 4 is 23.5 Å². The van der Waals surface area contributed by atoms with Crippen LogP contribution in [-0.4, -0.2) is 23.5 Å². The van der Waals surface area contributed by atoms with Crippen LogP contribution in [0, 0.1) is 18.8 Å². The Morgan fingerprint density at radius 2 is 2.00 bits per heavy atom. The number of hydrogen-bond donors (Lipinski definition) is 2. The number of aryl methyl sites for hydroxylation is 1. The minimum Gasteiger partial charge on any atom is -0.481 e. The molecule has 0 spiro atoms. The quantitative estimate of drug-likeness (QED) is 0.873. The van der Waals surface area contributed by atoms with Crippen LogP contribution in [-0.2, 0) is 4.79 Å². The second-order valence-corrected chi connectivity index (χ2v) is 5.29. The number of carbonyl (C=O) groups is 2. The predicted octanol–water partition coefficient (Wildman–Crippen LogP) is 2.74. The molecule has 0 saturated carbocycles. The third-order valence-electron chi connectivity index (χ3n) is 3.05. The second-order valence-electron chi connectivity index (χ2n) is 4.86. The van der Waals surface area contributed by atoms with Crippen LogP contribution in [0.3, 0.4) is 0 Å². The first-order chi connectivity index (χ1) is 8.82. The zero-order chi connectivity index (χ0) is 14.6. The van der Waals surface area contributed by atoms with E-state index in [1.807, 2.05) is 20.8 Å². The van der Waals surface area contributed by atoms with E-state index < -0.39 is 11.9 Å². The van der Waals surface area contributed by atoms with Crippen LogP contribution in [0.2, 0.25) is 5.02 Å². The van der Waals surface area contributed by atoms with Crippen LogP contribution < -0.4 is 5.32 Å². The molecule has 0 bridgehead atoms. The lowest BCUT2D eigenvalue weighted by atomic mass is 9.96. The molecule has 0 aliphatic carbocycles. The molecule has 19 heavy (non-hydrogen) atoms. The van der Waals surface area contributed by atoms with Crippen LogP contribution >= 0.6 is 11.6 Å². The molecule has 0 fully saturated rings. The van der Waals surface area contributed by atoms with Crippen LogP contribution in [0.25, 0.3) is 0 Å². The fourth-order valence-electron chi connectivity index (χ4n) is 1.74. The number of halogens is 1. The van der Waals surface area contributed by atoms with Gasteiger partial charge in [0.2, 0.25) is 0 Å². The van der Waals surface area contributed by atoms with E-state index in [-0.39, 0.29) is 18.4 Å². The van der Waals surface area contributed by atoms with E-state index in [2.05, 4.69) is 5.32 Å². The summed E-state index contributed by atoms with van der Waals surface area (Å²) >= 11 is 5.85. The van der Waals surface area contributed by atoms with Crippen molar-refractivity contribution in [2.24, 2.45) is 11.8 Å². The highest BCUT2D eigenvalue weighted by Crippen LogP contribution is 2.16. The third kappa shape index (κ3) is 4.24. The number of nitrogens with one attached hydrogen (secondary N) is 1. The van der Waals surface area contributed by atoms with E-state index in [4.69, 9.17) is 16.7 Å². The van der Waals surface area contributed by atoms with Gasteiger partial charge in [0.15, 0.2) is 0 Å². The van der Waals surface area contributed by atoms with Crippen LogP contribution in [0.5, 0.6) is 0 Å². The maximum atomic E-state index is 12.0. The molecule has 0 saturated heterocycles. The monoisotopic (exact) mass is 283 g/mol. The number of hydrogen-bond acceptors (Lipinski definition) is 2. The van der Waals surface area contributed by atoms with E-state index in [0.29, 0.717) is 10.6 Å². The van der Waals surface area contributed by atoms with Gasteiger partial charge in [-0.25, -0.2) is 0 Å². The van der Waals surface area contributed by atoms with E-state index >= 15 is 0 Å². The third-order valence-corrected chi connectivity index (χ3v) is 3.28. The van der Waals surface area contributed by atoms with Crippen molar-refractivity contribution < 1.29 is 14.7 Å². The van der Waals surface area contributed by atoms with Gasteiger partial charge in [-0.3, -0.25) is 9.59 Å². The van der Waals surface area contributed by atoms with Crippen LogP contribution in [0.4, 0.5) is 0 Å². The molecule has 0 heterocycles. The zero-order valence-corrected chi connectivity index (χ0v) is 12.0. The van der Waals surface area contributed by atoms with E-state index in [9.17, 15) is 9.59 Å². The highest BCUT2D eigenvalue weighted by atomic mass is 35.5. The largest absolute Gasteiger partial charge is 0.481 e. The fraction of sp³-hybridized carbons (Fsp3) is 0.429. The van der Waals surface area contributed by atoms with Crippen molar-refractivity contribution in [3.05, 3.63) is 34.3 Å². The number of carboxylic acids is 1. The van der Waals surface area contributed by atoms with Gasteiger partial charge in [0.1, 0.15) is 0 Å². The number of carboxylic acid groups (broad SMARTS) is 1. The summed E-state index contributed by atoms with van der Waals surface area (Å²) in [5, 5.41) is 12.2. The Hall–Kier alpha value is -1.55. The molecular formula is C14H18ClNO3. The maximum Gasteiger partial charge on any atom is 0.308 e. The van der Waals surface area contributed by atoms with Crippen molar-refractivity contribution in [1.29, 1.82) is 0 Å². The summed E-state index contributed by atoms with van der Waals surface area (Å²) in [4.78, 5) is 23.0. The summed E-state index contributed by atoms with van der Waals surface area (Å²) < 4.78 is 0. The molecule has 0 aliphatic heterocycles. The van der Waals surface area contributed by atoms with Gasteiger partial charge in [0.25, 0.3) is 5.91 Å². The SMILES string of the molecule is Cc1ccc(Cl)cc1C(=O)NCC(C(=O)O)C(C)C. The molecular weight excluding hydrogens is 266 g/mol. The standard InChI is InChI=1S/C14H18ClNO3/c1-8(2)12(14(18)19)7-16-13(17)11-6-10(15)5-4-9(11)3/h4-6,8,12H,7H2,1-3H3,(H,16,17)(H,18,19). The van der Waals surface area contributed by atoms with Gasteiger partial charge in [-0.05, 0) is 30.5 Å². The molecule has 0 aromatic heterocycles. The summed E-state index contributed by atoms with van der Waals surface area (Å²) in [6, 6.07) is 5.05. The van der Waals surface area contributed by atoms with Crippen LogP contribution in [0.15, 0.2) is 18.2 Å². The number of rotatable bonds is 5. The summed E-state index contributed by atoms with van der Waals surface area (Å²) in [5.74, 6) is -1.84. The molecule has 0 aliphatic rings. The first-order valence-electron chi connectivity index (χ1n) is 6.10. The number of aliphatic carboxylic acids is 1. The van der Waals surface area contributed by atoms with Crippen molar-refractivity contribution in [1.82, 2.24) is 5.32 Å². The maximum absolute atomic E-state index is 12.0. The molecule has 4 nitrogen and oxygen atoms in total. The lowest BCUT2D eigenvalue weighted by molar-refractivity contribution is -0.142. The van der Waals surface area contributed by atoms with E-state index in [1.54, 1.807) is 18.2 Å². The summed E-state index contributed by atoms with van der Waals surface area (Å²) in [7, 11) is 0. The van der Waals surface area contributed by atoms with Gasteiger partial charge >= 0.3 is 5.97 Å². The topological polar surface area (TPSA) is 66.4 Å². The van der Waals surface area contributed by atoms with Gasteiger partial charge < -0.3 is 10.4 Å². The van der Waals surface area contributed by atoms with Gasteiger partial charge in [-0.15, -0.1) is 0 Å². The average molecular weight is 284 g/mol. The molecule has 1 atom stereocenters. The van der Waals surface area contributed by atoms with Gasteiger partial charge in [0.05, 0.1) is 5.92 Å². The summed E-state index contributed by atoms with van der Waals surface area (Å²) in [5.41, 5.74) is 1.28. The lowest BCUT2D eigenvalue weighted by Gasteiger charge is -2.17. The molecule has 1 amide bonds. The highest BCUT2D eigenvalue weighted by Gasteiger charge is 2.22. The Morgan fingerprint density at radius 3 is 2.53 bits per heavy atom. The van der Waals surface area contributed by atoms with Crippen molar-refractivity contribution in [2.45, 2.75) is 20.8 Å². The van der Waals surface area contributed by atoms with Gasteiger partial charge in [-0.1, -0.05) is 31.5 Å². The Bertz CT molecular complexity index is 486. The molecule has 1 unspecified atom stereocenters. The van der Waals surface area contributed by atoms with Crippen molar-refractivity contribution in [3.63, 3.8) is 0 Å². The van der Waals surface area contributed by atoms with Crippen LogP contribution in [0.1, 0.15) is 29.8 Å². The predicted molar refractivity (Wildman–Crippen MR) is 74.5 cm³/mol. The van der Waals surface area contributed by atoms with E-state index in [0.717, 1.165) is 5.56 Å². The minimum atomic E-state index is -0.905. The second kappa shape index (κ2) is 6.57. The number of benzene rings is 1. The normalized spacial score (nSPS) is 12.3. The Balaban J connectivity index is 2.75. The Labute approximate surface area is 117 Å². The fourth-order valence-corrected chi connectivity index (χ4v) is 1.92. The summed E-state index contributed by atoms with van der Waals surface area (Å²) in [6.45, 7) is 5.55. The number of amides is 1. The molecule has 1 rings (SSSR count). The molecule has 2 N–H and O–H groups in total. The lowest BCUT2D eigenvalue weighted by Crippen LogP contribution is -2.35. The molecule has 1 aromatic carbocycles.